The number of carbonyl (C=O) groups excluding carboxylic acids is 1. The molecule has 3 nitrogen and oxygen atoms in total. The van der Waals surface area contributed by atoms with Crippen LogP contribution in [0.5, 0.6) is 0 Å². The van der Waals surface area contributed by atoms with Crippen LogP contribution in [0.3, 0.4) is 0 Å². The number of benzene rings is 1. The first-order valence-electron chi connectivity index (χ1n) is 6.37. The topological polar surface area (TPSA) is 31.2 Å². The molecule has 3 heteroatoms. The van der Waals surface area contributed by atoms with E-state index in [0.29, 0.717) is 6.61 Å². The van der Waals surface area contributed by atoms with Crippen molar-refractivity contribution in [2.75, 3.05) is 6.61 Å². The van der Waals surface area contributed by atoms with Crippen molar-refractivity contribution in [1.82, 2.24) is 4.57 Å². The molecular weight excluding hydrogens is 238 g/mol. The third-order valence-corrected chi connectivity index (χ3v) is 3.42. The zero-order valence-electron chi connectivity index (χ0n) is 11.6. The number of aromatic nitrogens is 1. The smallest absolute Gasteiger partial charge is 0.190 e. The summed E-state index contributed by atoms with van der Waals surface area (Å²) in [5, 5.41) is 0. The van der Waals surface area contributed by atoms with Gasteiger partial charge in [-0.25, -0.2) is 0 Å². The van der Waals surface area contributed by atoms with Gasteiger partial charge >= 0.3 is 0 Å². The third kappa shape index (κ3) is 3.12. The molecule has 0 bridgehead atoms. The molecule has 19 heavy (non-hydrogen) atoms. The zero-order valence-corrected chi connectivity index (χ0v) is 11.6. The molecule has 0 aliphatic carbocycles. The molecule has 0 atom stereocenters. The molecule has 1 heterocycles. The first kappa shape index (κ1) is 13.6. The SMILES string of the molecule is Cc1cc(C(=O)COCc2ccccc2)c(C)n1C. The molecule has 1 aromatic heterocycles. The van der Waals surface area contributed by atoms with Gasteiger partial charge in [0, 0.05) is 24.0 Å². The predicted octanol–water partition coefficient (Wildman–Crippen LogP) is 3.04. The van der Waals surface area contributed by atoms with Crippen LogP contribution in [0.25, 0.3) is 0 Å². The Balaban J connectivity index is 1.93. The number of carbonyl (C=O) groups is 1. The lowest BCUT2D eigenvalue weighted by Crippen LogP contribution is -2.10. The fourth-order valence-electron chi connectivity index (χ4n) is 2.05. The van der Waals surface area contributed by atoms with E-state index in [4.69, 9.17) is 4.74 Å². The highest BCUT2D eigenvalue weighted by molar-refractivity contribution is 5.98. The Labute approximate surface area is 113 Å². The molecule has 1 aromatic carbocycles. The molecule has 0 aliphatic heterocycles. The molecule has 0 N–H and O–H groups in total. The number of ether oxygens (including phenoxy) is 1. The van der Waals surface area contributed by atoms with Gasteiger partial charge in [0.1, 0.15) is 6.61 Å². The lowest BCUT2D eigenvalue weighted by Gasteiger charge is -2.04. The summed E-state index contributed by atoms with van der Waals surface area (Å²) < 4.78 is 7.50. The minimum atomic E-state index is 0.0390. The fourth-order valence-corrected chi connectivity index (χ4v) is 2.05. The number of hydrogen-bond acceptors (Lipinski definition) is 2. The number of Topliss-reactive ketones (excluding diaryl/α,β-unsaturated/α-hetero) is 1. The Bertz CT molecular complexity index is 570. The largest absolute Gasteiger partial charge is 0.369 e. The van der Waals surface area contributed by atoms with Gasteiger partial charge in [-0.05, 0) is 25.5 Å². The minimum Gasteiger partial charge on any atom is -0.369 e. The van der Waals surface area contributed by atoms with Gasteiger partial charge in [-0.15, -0.1) is 0 Å². The second-order valence-electron chi connectivity index (χ2n) is 4.75. The third-order valence-electron chi connectivity index (χ3n) is 3.42. The van der Waals surface area contributed by atoms with Crippen molar-refractivity contribution in [3.05, 3.63) is 58.9 Å². The van der Waals surface area contributed by atoms with Crippen LogP contribution in [0, 0.1) is 13.8 Å². The normalized spacial score (nSPS) is 10.7. The van der Waals surface area contributed by atoms with Gasteiger partial charge in [0.15, 0.2) is 5.78 Å². The predicted molar refractivity (Wildman–Crippen MR) is 75.3 cm³/mol. The summed E-state index contributed by atoms with van der Waals surface area (Å²) in [6.07, 6.45) is 0. The minimum absolute atomic E-state index is 0.0390. The van der Waals surface area contributed by atoms with Gasteiger partial charge in [0.05, 0.1) is 6.61 Å². The number of hydrogen-bond donors (Lipinski definition) is 0. The Morgan fingerprint density at radius 3 is 2.47 bits per heavy atom. The maximum Gasteiger partial charge on any atom is 0.190 e. The van der Waals surface area contributed by atoms with E-state index in [2.05, 4.69) is 0 Å². The van der Waals surface area contributed by atoms with Crippen LogP contribution in [-0.2, 0) is 18.4 Å². The van der Waals surface area contributed by atoms with Crippen molar-refractivity contribution in [3.63, 3.8) is 0 Å². The molecule has 0 saturated carbocycles. The monoisotopic (exact) mass is 257 g/mol. The van der Waals surface area contributed by atoms with E-state index in [9.17, 15) is 4.79 Å². The molecule has 2 rings (SSSR count). The van der Waals surface area contributed by atoms with Gasteiger partial charge in [-0.2, -0.15) is 0 Å². The highest BCUT2D eigenvalue weighted by atomic mass is 16.5. The summed E-state index contributed by atoms with van der Waals surface area (Å²) in [6.45, 7) is 4.54. The van der Waals surface area contributed by atoms with Gasteiger partial charge in [-0.1, -0.05) is 30.3 Å². The maximum atomic E-state index is 12.1. The summed E-state index contributed by atoms with van der Waals surface area (Å²) in [6, 6.07) is 11.8. The Hall–Kier alpha value is -1.87. The number of rotatable bonds is 5. The van der Waals surface area contributed by atoms with Crippen molar-refractivity contribution in [3.8, 4) is 0 Å². The van der Waals surface area contributed by atoms with E-state index in [0.717, 1.165) is 22.5 Å². The van der Waals surface area contributed by atoms with E-state index >= 15 is 0 Å². The van der Waals surface area contributed by atoms with E-state index in [1.165, 1.54) is 0 Å². The lowest BCUT2D eigenvalue weighted by molar-refractivity contribution is 0.0726. The Morgan fingerprint density at radius 2 is 1.89 bits per heavy atom. The highest BCUT2D eigenvalue weighted by Crippen LogP contribution is 2.14. The molecule has 0 aliphatic rings. The molecule has 0 unspecified atom stereocenters. The van der Waals surface area contributed by atoms with Crippen LogP contribution in [-0.4, -0.2) is 17.0 Å². The summed E-state index contributed by atoms with van der Waals surface area (Å²) in [5.74, 6) is 0.0390. The van der Waals surface area contributed by atoms with E-state index in [1.807, 2.05) is 61.9 Å². The second-order valence-corrected chi connectivity index (χ2v) is 4.75. The van der Waals surface area contributed by atoms with E-state index in [1.54, 1.807) is 0 Å². The van der Waals surface area contributed by atoms with E-state index < -0.39 is 0 Å². The molecule has 0 spiro atoms. The first-order valence-corrected chi connectivity index (χ1v) is 6.37. The van der Waals surface area contributed by atoms with Crippen molar-refractivity contribution < 1.29 is 9.53 Å². The molecule has 0 fully saturated rings. The standard InChI is InChI=1S/C16H19NO2/c1-12-9-15(13(2)17(12)3)16(18)11-19-10-14-7-5-4-6-8-14/h4-9H,10-11H2,1-3H3. The van der Waals surface area contributed by atoms with Crippen LogP contribution < -0.4 is 0 Å². The summed E-state index contributed by atoms with van der Waals surface area (Å²) in [4.78, 5) is 12.1. The van der Waals surface area contributed by atoms with Gasteiger partial charge in [0.2, 0.25) is 0 Å². The molecule has 0 amide bonds. The molecule has 0 radical (unpaired) electrons. The van der Waals surface area contributed by atoms with Gasteiger partial charge < -0.3 is 9.30 Å². The van der Waals surface area contributed by atoms with Crippen molar-refractivity contribution in [1.29, 1.82) is 0 Å². The Kier molecular flexibility index (Phi) is 4.17. The molecular formula is C16H19NO2. The maximum absolute atomic E-state index is 12.1. The van der Waals surface area contributed by atoms with Crippen LogP contribution in [0.1, 0.15) is 27.3 Å². The van der Waals surface area contributed by atoms with Crippen LogP contribution in [0.4, 0.5) is 0 Å². The second kappa shape index (κ2) is 5.85. The van der Waals surface area contributed by atoms with Crippen LogP contribution in [0.15, 0.2) is 36.4 Å². The van der Waals surface area contributed by atoms with Crippen molar-refractivity contribution in [2.45, 2.75) is 20.5 Å². The highest BCUT2D eigenvalue weighted by Gasteiger charge is 2.13. The van der Waals surface area contributed by atoms with Crippen LogP contribution >= 0.6 is 0 Å². The average molecular weight is 257 g/mol. The first-order chi connectivity index (χ1) is 9.09. The quantitative estimate of drug-likeness (QED) is 0.771. The zero-order chi connectivity index (χ0) is 13.8. The fraction of sp³-hybridized carbons (Fsp3) is 0.312. The van der Waals surface area contributed by atoms with Gasteiger partial charge in [0.25, 0.3) is 0 Å². The van der Waals surface area contributed by atoms with E-state index in [-0.39, 0.29) is 12.4 Å². The van der Waals surface area contributed by atoms with Crippen molar-refractivity contribution >= 4 is 5.78 Å². The number of ketones is 1. The summed E-state index contributed by atoms with van der Waals surface area (Å²) >= 11 is 0. The van der Waals surface area contributed by atoms with Crippen molar-refractivity contribution in [2.24, 2.45) is 7.05 Å². The molecule has 0 saturated heterocycles. The van der Waals surface area contributed by atoms with Crippen LogP contribution in [0.2, 0.25) is 0 Å². The summed E-state index contributed by atoms with van der Waals surface area (Å²) in [7, 11) is 1.96. The van der Waals surface area contributed by atoms with Gasteiger partial charge in [-0.3, -0.25) is 4.79 Å². The summed E-state index contributed by atoms with van der Waals surface area (Å²) in [5.41, 5.74) is 3.92. The molecule has 2 aromatic rings. The Morgan fingerprint density at radius 1 is 1.21 bits per heavy atom. The number of nitrogens with zero attached hydrogens (tertiary/aromatic N) is 1. The number of aryl methyl sites for hydroxylation is 1. The molecule has 100 valence electrons. The lowest BCUT2D eigenvalue weighted by atomic mass is 10.1. The average Bonchev–Trinajstić information content (AvgIpc) is 2.68.